The minimum absolute atomic E-state index is 0.484. The van der Waals surface area contributed by atoms with E-state index in [4.69, 9.17) is 0 Å². The Balaban J connectivity index is 1.67. The summed E-state index contributed by atoms with van der Waals surface area (Å²) in [4.78, 5) is 5.03. The third-order valence-corrected chi connectivity index (χ3v) is 4.43. The number of rotatable bonds is 3. The highest BCUT2D eigenvalue weighted by atomic mass is 32.2. The van der Waals surface area contributed by atoms with Gasteiger partial charge in [0.25, 0.3) is 0 Å². The van der Waals surface area contributed by atoms with Crippen LogP contribution in [0.15, 0.2) is 64.4 Å². The van der Waals surface area contributed by atoms with Crippen molar-refractivity contribution in [3.63, 3.8) is 0 Å². The molecule has 0 aliphatic carbocycles. The van der Waals surface area contributed by atoms with Crippen LogP contribution in [0.1, 0.15) is 13.8 Å². The maximum absolute atomic E-state index is 2.44. The van der Waals surface area contributed by atoms with Gasteiger partial charge in [0.15, 0.2) is 0 Å². The van der Waals surface area contributed by atoms with Gasteiger partial charge in [0.05, 0.1) is 0 Å². The zero-order valence-corrected chi connectivity index (χ0v) is 12.3. The zero-order valence-electron chi connectivity index (χ0n) is 11.5. The topological polar surface area (TPSA) is 3.24 Å². The Morgan fingerprint density at radius 2 is 1.42 bits per heavy atom. The summed E-state index contributed by atoms with van der Waals surface area (Å²) in [6, 6.07) is 19.4. The molecule has 0 saturated carbocycles. The van der Waals surface area contributed by atoms with Crippen molar-refractivity contribution in [2.75, 3.05) is 18.0 Å². The summed E-state index contributed by atoms with van der Waals surface area (Å²) >= 11 is 1.81. The van der Waals surface area contributed by atoms with Crippen molar-refractivity contribution in [3.8, 4) is 0 Å². The Morgan fingerprint density at radius 3 is 2.00 bits per heavy atom. The van der Waals surface area contributed by atoms with E-state index in [1.54, 1.807) is 0 Å². The third kappa shape index (κ3) is 2.95. The Labute approximate surface area is 119 Å². The minimum Gasteiger partial charge on any atom is -0.370 e. The predicted octanol–water partition coefficient (Wildman–Crippen LogP) is 4.68. The molecular formula is C17H19NS. The maximum Gasteiger partial charge on any atom is 0.0367 e. The standard InChI is InChI=1S/C17H19NS/c1-17(2)12-18(13-17)14-8-10-16(11-9-14)19-15-6-4-3-5-7-15/h3-11H,12-13H2,1-2H3. The summed E-state index contributed by atoms with van der Waals surface area (Å²) in [5.41, 5.74) is 1.83. The molecule has 98 valence electrons. The zero-order chi connectivity index (χ0) is 13.3. The largest absolute Gasteiger partial charge is 0.370 e. The molecule has 0 amide bonds. The number of hydrogen-bond donors (Lipinski definition) is 0. The SMILES string of the molecule is CC1(C)CN(c2ccc(Sc3ccccc3)cc2)C1. The van der Waals surface area contributed by atoms with Gasteiger partial charge in [-0.25, -0.2) is 0 Å². The molecule has 0 radical (unpaired) electrons. The maximum atomic E-state index is 2.44. The first-order valence-electron chi connectivity index (χ1n) is 6.70. The Bertz CT molecular complexity index is 537. The predicted molar refractivity (Wildman–Crippen MR) is 83.0 cm³/mol. The molecule has 0 aromatic heterocycles. The van der Waals surface area contributed by atoms with Gasteiger partial charge in [-0.15, -0.1) is 0 Å². The van der Waals surface area contributed by atoms with Crippen LogP contribution in [0.3, 0.4) is 0 Å². The van der Waals surface area contributed by atoms with Gasteiger partial charge >= 0.3 is 0 Å². The molecule has 0 unspecified atom stereocenters. The second-order valence-electron chi connectivity index (χ2n) is 5.93. The summed E-state index contributed by atoms with van der Waals surface area (Å²) in [7, 11) is 0. The molecule has 2 aromatic rings. The molecule has 0 N–H and O–H groups in total. The molecule has 1 fully saturated rings. The molecule has 1 heterocycles. The van der Waals surface area contributed by atoms with Crippen LogP contribution in [0.5, 0.6) is 0 Å². The van der Waals surface area contributed by atoms with E-state index in [2.05, 4.69) is 73.3 Å². The van der Waals surface area contributed by atoms with E-state index in [0.29, 0.717) is 5.41 Å². The normalized spacial score (nSPS) is 17.1. The van der Waals surface area contributed by atoms with Gasteiger partial charge in [-0.05, 0) is 41.8 Å². The number of nitrogens with zero attached hydrogens (tertiary/aromatic N) is 1. The summed E-state index contributed by atoms with van der Waals surface area (Å²) in [6.45, 7) is 6.97. The molecule has 1 aliphatic heterocycles. The van der Waals surface area contributed by atoms with Crippen molar-refractivity contribution in [2.45, 2.75) is 23.6 Å². The summed E-state index contributed by atoms with van der Waals surface area (Å²) < 4.78 is 0. The van der Waals surface area contributed by atoms with Crippen LogP contribution >= 0.6 is 11.8 Å². The van der Waals surface area contributed by atoms with Crippen LogP contribution in [-0.2, 0) is 0 Å². The summed E-state index contributed by atoms with van der Waals surface area (Å²) in [6.07, 6.45) is 0. The molecule has 1 saturated heterocycles. The van der Waals surface area contributed by atoms with Gasteiger partial charge in [0.1, 0.15) is 0 Å². The Morgan fingerprint density at radius 1 is 0.842 bits per heavy atom. The Kier molecular flexibility index (Phi) is 3.28. The molecule has 1 nitrogen and oxygen atoms in total. The van der Waals surface area contributed by atoms with E-state index in [0.717, 1.165) is 13.1 Å². The van der Waals surface area contributed by atoms with Crippen LogP contribution in [0.4, 0.5) is 5.69 Å². The smallest absolute Gasteiger partial charge is 0.0367 e. The van der Waals surface area contributed by atoms with Crippen molar-refractivity contribution in [1.82, 2.24) is 0 Å². The molecule has 2 aromatic carbocycles. The molecule has 2 heteroatoms. The van der Waals surface area contributed by atoms with Gasteiger partial charge in [0.2, 0.25) is 0 Å². The molecule has 0 bridgehead atoms. The van der Waals surface area contributed by atoms with Gasteiger partial charge < -0.3 is 4.90 Å². The first kappa shape index (κ1) is 12.6. The van der Waals surface area contributed by atoms with Crippen molar-refractivity contribution in [1.29, 1.82) is 0 Å². The van der Waals surface area contributed by atoms with E-state index >= 15 is 0 Å². The van der Waals surface area contributed by atoms with Crippen LogP contribution in [-0.4, -0.2) is 13.1 Å². The van der Waals surface area contributed by atoms with Crippen molar-refractivity contribution in [3.05, 3.63) is 54.6 Å². The van der Waals surface area contributed by atoms with E-state index in [1.807, 2.05) is 11.8 Å². The van der Waals surface area contributed by atoms with Crippen molar-refractivity contribution < 1.29 is 0 Å². The molecule has 3 rings (SSSR count). The van der Waals surface area contributed by atoms with Crippen molar-refractivity contribution in [2.24, 2.45) is 5.41 Å². The second-order valence-corrected chi connectivity index (χ2v) is 7.08. The first-order valence-corrected chi connectivity index (χ1v) is 7.52. The highest BCUT2D eigenvalue weighted by Crippen LogP contribution is 2.35. The highest BCUT2D eigenvalue weighted by molar-refractivity contribution is 7.99. The lowest BCUT2D eigenvalue weighted by molar-refractivity contribution is 0.276. The first-order chi connectivity index (χ1) is 9.12. The number of anilines is 1. The lowest BCUT2D eigenvalue weighted by atomic mass is 9.84. The third-order valence-electron chi connectivity index (χ3n) is 3.42. The molecule has 19 heavy (non-hydrogen) atoms. The van der Waals surface area contributed by atoms with Gasteiger partial charge in [-0.2, -0.15) is 0 Å². The van der Waals surface area contributed by atoms with Crippen LogP contribution < -0.4 is 4.90 Å². The number of benzene rings is 2. The summed E-state index contributed by atoms with van der Waals surface area (Å²) in [5, 5.41) is 0. The summed E-state index contributed by atoms with van der Waals surface area (Å²) in [5.74, 6) is 0. The van der Waals surface area contributed by atoms with E-state index in [9.17, 15) is 0 Å². The molecular weight excluding hydrogens is 250 g/mol. The fourth-order valence-corrected chi connectivity index (χ4v) is 3.36. The molecule has 1 aliphatic rings. The quantitative estimate of drug-likeness (QED) is 0.795. The van der Waals surface area contributed by atoms with E-state index in [1.165, 1.54) is 15.5 Å². The Hall–Kier alpha value is -1.41. The number of hydrogen-bond acceptors (Lipinski definition) is 2. The second kappa shape index (κ2) is 4.93. The fraction of sp³-hybridized carbons (Fsp3) is 0.294. The van der Waals surface area contributed by atoms with Crippen LogP contribution in [0.25, 0.3) is 0 Å². The average molecular weight is 269 g/mol. The lowest BCUT2D eigenvalue weighted by Gasteiger charge is -2.47. The van der Waals surface area contributed by atoms with Crippen molar-refractivity contribution >= 4 is 17.4 Å². The molecule has 0 spiro atoms. The minimum atomic E-state index is 0.484. The van der Waals surface area contributed by atoms with E-state index in [-0.39, 0.29) is 0 Å². The average Bonchev–Trinajstić information content (AvgIpc) is 2.38. The lowest BCUT2D eigenvalue weighted by Crippen LogP contribution is -2.53. The van der Waals surface area contributed by atoms with Gasteiger partial charge in [0, 0.05) is 28.6 Å². The van der Waals surface area contributed by atoms with E-state index < -0.39 is 0 Å². The monoisotopic (exact) mass is 269 g/mol. The highest BCUT2D eigenvalue weighted by Gasteiger charge is 2.33. The van der Waals surface area contributed by atoms with Gasteiger partial charge in [-0.3, -0.25) is 0 Å². The van der Waals surface area contributed by atoms with Crippen LogP contribution in [0.2, 0.25) is 0 Å². The van der Waals surface area contributed by atoms with Gasteiger partial charge in [-0.1, -0.05) is 43.8 Å². The fourth-order valence-electron chi connectivity index (χ4n) is 2.52. The van der Waals surface area contributed by atoms with Crippen LogP contribution in [0, 0.1) is 5.41 Å². The molecule has 0 atom stereocenters.